The molecule has 0 aliphatic rings. The lowest BCUT2D eigenvalue weighted by molar-refractivity contribution is 0.145. The zero-order valence-electron chi connectivity index (χ0n) is 11.7. The summed E-state index contributed by atoms with van der Waals surface area (Å²) in [4.78, 5) is 4.18. The first-order valence-electron chi connectivity index (χ1n) is 6.16. The highest BCUT2D eigenvalue weighted by molar-refractivity contribution is 14.0. The third kappa shape index (κ3) is 10.8. The van der Waals surface area contributed by atoms with Crippen molar-refractivity contribution in [1.82, 2.24) is 10.6 Å². The predicted octanol–water partition coefficient (Wildman–Crippen LogP) is 2.24. The molecule has 0 saturated carbocycles. The van der Waals surface area contributed by atoms with Crippen LogP contribution in [-0.4, -0.2) is 38.8 Å². The Labute approximate surface area is 123 Å². The highest BCUT2D eigenvalue weighted by atomic mass is 127. The molecule has 0 spiro atoms. The second-order valence-electron chi connectivity index (χ2n) is 4.23. The van der Waals surface area contributed by atoms with Gasteiger partial charge in [0, 0.05) is 32.8 Å². The summed E-state index contributed by atoms with van der Waals surface area (Å²) >= 11 is 0. The summed E-state index contributed by atoms with van der Waals surface area (Å²) < 4.78 is 5.27. The van der Waals surface area contributed by atoms with Gasteiger partial charge >= 0.3 is 0 Å². The van der Waals surface area contributed by atoms with Gasteiger partial charge in [-0.25, -0.2) is 0 Å². The molecule has 5 heteroatoms. The van der Waals surface area contributed by atoms with E-state index in [1.807, 2.05) is 6.92 Å². The van der Waals surface area contributed by atoms with Crippen LogP contribution in [0.15, 0.2) is 4.99 Å². The van der Waals surface area contributed by atoms with Crippen LogP contribution in [0.3, 0.4) is 0 Å². The van der Waals surface area contributed by atoms with Crippen molar-refractivity contribution < 1.29 is 4.74 Å². The third-order valence-corrected chi connectivity index (χ3v) is 2.55. The first kappa shape index (κ1) is 19.3. The molecule has 0 aliphatic carbocycles. The van der Waals surface area contributed by atoms with Gasteiger partial charge in [0.2, 0.25) is 0 Å². The zero-order valence-corrected chi connectivity index (χ0v) is 14.1. The number of rotatable bonds is 7. The van der Waals surface area contributed by atoms with Crippen molar-refractivity contribution in [2.24, 2.45) is 10.9 Å². The molecule has 0 bridgehead atoms. The SMILES string of the molecule is CCOCCCNC(=NC)NC(C)C(C)C.I. The summed E-state index contributed by atoms with van der Waals surface area (Å²) in [5.41, 5.74) is 0. The lowest BCUT2D eigenvalue weighted by Gasteiger charge is -2.20. The van der Waals surface area contributed by atoms with Crippen molar-refractivity contribution in [1.29, 1.82) is 0 Å². The molecule has 4 nitrogen and oxygen atoms in total. The van der Waals surface area contributed by atoms with E-state index >= 15 is 0 Å². The fraction of sp³-hybridized carbons (Fsp3) is 0.917. The second kappa shape index (κ2) is 12.4. The Balaban J connectivity index is 0. The molecule has 0 aromatic rings. The predicted molar refractivity (Wildman–Crippen MR) is 85.3 cm³/mol. The Hall–Kier alpha value is -0.0400. The monoisotopic (exact) mass is 357 g/mol. The van der Waals surface area contributed by atoms with Gasteiger partial charge in [-0.05, 0) is 26.2 Å². The molecule has 0 heterocycles. The van der Waals surface area contributed by atoms with E-state index in [4.69, 9.17) is 4.74 Å². The van der Waals surface area contributed by atoms with Crippen LogP contribution in [-0.2, 0) is 4.74 Å². The van der Waals surface area contributed by atoms with Crippen LogP contribution < -0.4 is 10.6 Å². The average Bonchev–Trinajstić information content (AvgIpc) is 2.26. The number of hydrogen-bond acceptors (Lipinski definition) is 2. The third-order valence-electron chi connectivity index (χ3n) is 2.55. The number of aliphatic imine (C=N–C) groups is 1. The molecule has 0 aliphatic heterocycles. The maximum Gasteiger partial charge on any atom is 0.191 e. The molecule has 0 fully saturated rings. The summed E-state index contributed by atoms with van der Waals surface area (Å²) in [6, 6.07) is 0.429. The van der Waals surface area contributed by atoms with Crippen molar-refractivity contribution in [3.05, 3.63) is 0 Å². The second-order valence-corrected chi connectivity index (χ2v) is 4.23. The van der Waals surface area contributed by atoms with Gasteiger partial charge in [0.15, 0.2) is 5.96 Å². The van der Waals surface area contributed by atoms with Crippen LogP contribution in [0.5, 0.6) is 0 Å². The maximum atomic E-state index is 5.27. The summed E-state index contributed by atoms with van der Waals surface area (Å²) in [6.45, 7) is 11.1. The Bertz CT molecular complexity index is 198. The van der Waals surface area contributed by atoms with Gasteiger partial charge in [-0.2, -0.15) is 0 Å². The molecule has 104 valence electrons. The first-order valence-corrected chi connectivity index (χ1v) is 6.16. The molecule has 17 heavy (non-hydrogen) atoms. The van der Waals surface area contributed by atoms with Crippen LogP contribution in [0, 0.1) is 5.92 Å². The van der Waals surface area contributed by atoms with Gasteiger partial charge in [-0.1, -0.05) is 13.8 Å². The molecule has 0 saturated heterocycles. The van der Waals surface area contributed by atoms with E-state index in [0.717, 1.165) is 32.1 Å². The molecule has 0 radical (unpaired) electrons. The summed E-state index contributed by atoms with van der Waals surface area (Å²) in [5.74, 6) is 1.47. The number of hydrogen-bond donors (Lipinski definition) is 2. The van der Waals surface area contributed by atoms with E-state index in [1.165, 1.54) is 0 Å². The highest BCUT2D eigenvalue weighted by Crippen LogP contribution is 1.98. The topological polar surface area (TPSA) is 45.6 Å². The minimum absolute atomic E-state index is 0. The number of ether oxygens (including phenoxy) is 1. The summed E-state index contributed by atoms with van der Waals surface area (Å²) in [7, 11) is 1.80. The van der Waals surface area contributed by atoms with Crippen LogP contribution in [0.2, 0.25) is 0 Å². The van der Waals surface area contributed by atoms with Crippen molar-refractivity contribution in [2.45, 2.75) is 40.2 Å². The standard InChI is InChI=1S/C12H27N3O.HI/c1-6-16-9-7-8-14-12(13-5)15-11(4)10(2)3;/h10-11H,6-9H2,1-5H3,(H2,13,14,15);1H. The first-order chi connectivity index (χ1) is 7.61. The summed E-state index contributed by atoms with van der Waals surface area (Å²) in [6.07, 6.45) is 1.00. The molecule has 0 aromatic heterocycles. The van der Waals surface area contributed by atoms with E-state index in [0.29, 0.717) is 12.0 Å². The van der Waals surface area contributed by atoms with Gasteiger partial charge in [0.25, 0.3) is 0 Å². The number of nitrogens with zero attached hydrogens (tertiary/aromatic N) is 1. The van der Waals surface area contributed by atoms with Crippen molar-refractivity contribution in [3.63, 3.8) is 0 Å². The fourth-order valence-electron chi connectivity index (χ4n) is 1.10. The van der Waals surface area contributed by atoms with Crippen LogP contribution in [0.25, 0.3) is 0 Å². The quantitative estimate of drug-likeness (QED) is 0.318. The molecule has 0 aromatic carbocycles. The molecule has 1 atom stereocenters. The van der Waals surface area contributed by atoms with Crippen LogP contribution >= 0.6 is 24.0 Å². The maximum absolute atomic E-state index is 5.27. The molecule has 2 N–H and O–H groups in total. The largest absolute Gasteiger partial charge is 0.382 e. The van der Waals surface area contributed by atoms with Crippen LogP contribution in [0.1, 0.15) is 34.1 Å². The van der Waals surface area contributed by atoms with Gasteiger partial charge in [-0.15, -0.1) is 24.0 Å². The van der Waals surface area contributed by atoms with Crippen molar-refractivity contribution >= 4 is 29.9 Å². The van der Waals surface area contributed by atoms with Gasteiger partial charge in [0.05, 0.1) is 0 Å². The lowest BCUT2D eigenvalue weighted by atomic mass is 10.1. The van der Waals surface area contributed by atoms with Gasteiger partial charge < -0.3 is 15.4 Å². The van der Waals surface area contributed by atoms with E-state index in [9.17, 15) is 0 Å². The number of nitrogens with one attached hydrogen (secondary N) is 2. The fourth-order valence-corrected chi connectivity index (χ4v) is 1.10. The Morgan fingerprint density at radius 3 is 2.41 bits per heavy atom. The van der Waals surface area contributed by atoms with E-state index in [2.05, 4.69) is 36.4 Å². The Morgan fingerprint density at radius 2 is 1.94 bits per heavy atom. The minimum Gasteiger partial charge on any atom is -0.382 e. The molecule has 0 rings (SSSR count). The van der Waals surface area contributed by atoms with E-state index in [1.54, 1.807) is 7.05 Å². The summed E-state index contributed by atoms with van der Waals surface area (Å²) in [5, 5.41) is 6.63. The Kier molecular flexibility index (Phi) is 14.1. The minimum atomic E-state index is 0. The number of guanidine groups is 1. The number of halogens is 1. The van der Waals surface area contributed by atoms with Gasteiger partial charge in [0.1, 0.15) is 0 Å². The normalized spacial score (nSPS) is 13.2. The molecular formula is C12H28IN3O. The molecule has 1 unspecified atom stereocenters. The lowest BCUT2D eigenvalue weighted by Crippen LogP contribution is -2.44. The average molecular weight is 357 g/mol. The highest BCUT2D eigenvalue weighted by Gasteiger charge is 2.08. The van der Waals surface area contributed by atoms with Crippen molar-refractivity contribution in [3.8, 4) is 0 Å². The van der Waals surface area contributed by atoms with Gasteiger partial charge in [-0.3, -0.25) is 4.99 Å². The van der Waals surface area contributed by atoms with E-state index < -0.39 is 0 Å². The smallest absolute Gasteiger partial charge is 0.191 e. The van der Waals surface area contributed by atoms with Crippen molar-refractivity contribution in [2.75, 3.05) is 26.8 Å². The van der Waals surface area contributed by atoms with Crippen LogP contribution in [0.4, 0.5) is 0 Å². The Morgan fingerprint density at radius 1 is 1.29 bits per heavy atom. The zero-order chi connectivity index (χ0) is 12.4. The van der Waals surface area contributed by atoms with E-state index in [-0.39, 0.29) is 24.0 Å². The molecule has 0 amide bonds. The molecular weight excluding hydrogens is 329 g/mol.